The summed E-state index contributed by atoms with van der Waals surface area (Å²) in [5.41, 5.74) is 1.20. The molecule has 0 amide bonds. The van der Waals surface area contributed by atoms with Crippen LogP contribution >= 0.6 is 11.3 Å². The van der Waals surface area contributed by atoms with Gasteiger partial charge in [-0.2, -0.15) is 0 Å². The molecule has 1 atom stereocenters. The van der Waals surface area contributed by atoms with Crippen LogP contribution in [-0.2, 0) is 6.42 Å². The van der Waals surface area contributed by atoms with Gasteiger partial charge in [0.25, 0.3) is 0 Å². The van der Waals surface area contributed by atoms with E-state index in [1.807, 2.05) is 18.4 Å². The minimum atomic E-state index is 0.694. The Balaban J connectivity index is 2.65. The maximum atomic E-state index is 4.61. The predicted octanol–water partition coefficient (Wildman–Crippen LogP) is 2.79. The minimum Gasteiger partial charge on any atom is -0.319 e. The quantitative estimate of drug-likeness (QED) is 0.835. The Morgan fingerprint density at radius 2 is 2.00 bits per heavy atom. The average Bonchev–Trinajstić information content (AvgIpc) is 2.45. The number of rotatable bonds is 5. The Hall–Kier alpha value is -0.410. The fourth-order valence-electron chi connectivity index (χ4n) is 1.66. The van der Waals surface area contributed by atoms with Gasteiger partial charge in [-0.1, -0.05) is 13.8 Å². The molecule has 2 nitrogen and oxygen atoms in total. The van der Waals surface area contributed by atoms with Crippen LogP contribution < -0.4 is 5.32 Å². The van der Waals surface area contributed by atoms with Crippen LogP contribution in [0.1, 0.15) is 29.4 Å². The van der Waals surface area contributed by atoms with Gasteiger partial charge in [-0.05, 0) is 39.3 Å². The second-order valence-corrected chi connectivity index (χ2v) is 5.80. The van der Waals surface area contributed by atoms with Gasteiger partial charge in [-0.25, -0.2) is 4.98 Å². The zero-order chi connectivity index (χ0) is 11.4. The summed E-state index contributed by atoms with van der Waals surface area (Å²) in [6.07, 6.45) is 1.11. The SMILES string of the molecule is CNCC(Cc1nc(C)c(C)s1)C(C)C. The number of hydrogen-bond acceptors (Lipinski definition) is 3. The van der Waals surface area contributed by atoms with Crippen molar-refractivity contribution in [1.82, 2.24) is 10.3 Å². The second-order valence-electron chi connectivity index (χ2n) is 4.52. The standard InChI is InChI=1S/C12H22N2S/c1-8(2)11(7-13-5)6-12-14-9(3)10(4)15-12/h8,11,13H,6-7H2,1-5H3. The van der Waals surface area contributed by atoms with Crippen molar-refractivity contribution in [2.75, 3.05) is 13.6 Å². The maximum absolute atomic E-state index is 4.61. The first-order chi connectivity index (χ1) is 7.04. The van der Waals surface area contributed by atoms with Crippen LogP contribution in [0.5, 0.6) is 0 Å². The molecule has 0 saturated heterocycles. The van der Waals surface area contributed by atoms with Gasteiger partial charge >= 0.3 is 0 Å². The van der Waals surface area contributed by atoms with Crippen LogP contribution in [-0.4, -0.2) is 18.6 Å². The first-order valence-corrected chi connectivity index (χ1v) is 6.43. The summed E-state index contributed by atoms with van der Waals surface area (Å²) in [5.74, 6) is 1.40. The largest absolute Gasteiger partial charge is 0.319 e. The highest BCUT2D eigenvalue weighted by molar-refractivity contribution is 7.11. The number of nitrogens with zero attached hydrogens (tertiary/aromatic N) is 1. The molecule has 0 aromatic carbocycles. The van der Waals surface area contributed by atoms with Crippen molar-refractivity contribution in [3.05, 3.63) is 15.6 Å². The van der Waals surface area contributed by atoms with Crippen molar-refractivity contribution in [2.24, 2.45) is 11.8 Å². The van der Waals surface area contributed by atoms with Gasteiger partial charge in [0.1, 0.15) is 0 Å². The molecular formula is C12H22N2S. The third kappa shape index (κ3) is 3.58. The lowest BCUT2D eigenvalue weighted by Gasteiger charge is -2.18. The molecule has 3 heteroatoms. The molecule has 0 radical (unpaired) electrons. The third-order valence-corrected chi connectivity index (χ3v) is 4.01. The normalized spacial score (nSPS) is 13.5. The van der Waals surface area contributed by atoms with Crippen LogP contribution in [0.15, 0.2) is 0 Å². The van der Waals surface area contributed by atoms with Gasteiger partial charge in [-0.3, -0.25) is 0 Å². The van der Waals surface area contributed by atoms with Crippen molar-refractivity contribution < 1.29 is 0 Å². The maximum Gasteiger partial charge on any atom is 0.0934 e. The lowest BCUT2D eigenvalue weighted by molar-refractivity contribution is 0.370. The van der Waals surface area contributed by atoms with Crippen molar-refractivity contribution in [3.63, 3.8) is 0 Å². The van der Waals surface area contributed by atoms with Crippen LogP contribution in [0.25, 0.3) is 0 Å². The van der Waals surface area contributed by atoms with E-state index >= 15 is 0 Å². The van der Waals surface area contributed by atoms with E-state index in [1.165, 1.54) is 15.6 Å². The molecule has 1 aromatic heterocycles. The molecule has 1 aromatic rings. The van der Waals surface area contributed by atoms with Gasteiger partial charge in [0.2, 0.25) is 0 Å². The van der Waals surface area contributed by atoms with Gasteiger partial charge < -0.3 is 5.32 Å². The highest BCUT2D eigenvalue weighted by atomic mass is 32.1. The minimum absolute atomic E-state index is 0.694. The fourth-order valence-corrected chi connectivity index (χ4v) is 2.68. The van der Waals surface area contributed by atoms with E-state index in [4.69, 9.17) is 0 Å². The molecule has 0 saturated carbocycles. The molecular weight excluding hydrogens is 204 g/mol. The first kappa shape index (κ1) is 12.7. The predicted molar refractivity (Wildman–Crippen MR) is 67.5 cm³/mol. The van der Waals surface area contributed by atoms with Crippen molar-refractivity contribution >= 4 is 11.3 Å². The molecule has 0 aliphatic carbocycles. The Labute approximate surface area is 97.1 Å². The molecule has 15 heavy (non-hydrogen) atoms. The topological polar surface area (TPSA) is 24.9 Å². The molecule has 1 N–H and O–H groups in total. The average molecular weight is 226 g/mol. The summed E-state index contributed by atoms with van der Waals surface area (Å²) in [6.45, 7) is 9.90. The first-order valence-electron chi connectivity index (χ1n) is 5.62. The highest BCUT2D eigenvalue weighted by Crippen LogP contribution is 2.22. The zero-order valence-electron chi connectivity index (χ0n) is 10.4. The van der Waals surface area contributed by atoms with Crippen molar-refractivity contribution in [3.8, 4) is 0 Å². The zero-order valence-corrected chi connectivity index (χ0v) is 11.2. The van der Waals surface area contributed by atoms with Crippen LogP contribution in [0.3, 0.4) is 0 Å². The third-order valence-electron chi connectivity index (χ3n) is 2.92. The van der Waals surface area contributed by atoms with Crippen molar-refractivity contribution in [1.29, 1.82) is 0 Å². The summed E-state index contributed by atoms with van der Waals surface area (Å²) in [7, 11) is 2.02. The monoisotopic (exact) mass is 226 g/mol. The summed E-state index contributed by atoms with van der Waals surface area (Å²) in [4.78, 5) is 5.96. The number of nitrogens with one attached hydrogen (secondary N) is 1. The highest BCUT2D eigenvalue weighted by Gasteiger charge is 2.15. The van der Waals surface area contributed by atoms with E-state index < -0.39 is 0 Å². The molecule has 86 valence electrons. The number of aryl methyl sites for hydroxylation is 2. The Kier molecular flexibility index (Phi) is 4.74. The molecule has 1 heterocycles. The van der Waals surface area contributed by atoms with E-state index in [0.29, 0.717) is 11.8 Å². The summed E-state index contributed by atoms with van der Waals surface area (Å²) in [5, 5.41) is 4.56. The lowest BCUT2D eigenvalue weighted by atomic mass is 9.93. The summed E-state index contributed by atoms with van der Waals surface area (Å²) >= 11 is 1.85. The van der Waals surface area contributed by atoms with Gasteiger partial charge in [0.15, 0.2) is 0 Å². The summed E-state index contributed by atoms with van der Waals surface area (Å²) < 4.78 is 0. The van der Waals surface area contributed by atoms with E-state index in [9.17, 15) is 0 Å². The Morgan fingerprint density at radius 1 is 1.33 bits per heavy atom. The van der Waals surface area contributed by atoms with Gasteiger partial charge in [0.05, 0.1) is 10.7 Å². The molecule has 0 fully saturated rings. The van der Waals surface area contributed by atoms with E-state index in [1.54, 1.807) is 0 Å². The molecule has 1 unspecified atom stereocenters. The van der Waals surface area contributed by atoms with E-state index in [0.717, 1.165) is 13.0 Å². The fraction of sp³-hybridized carbons (Fsp3) is 0.750. The van der Waals surface area contributed by atoms with E-state index in [-0.39, 0.29) is 0 Å². The Morgan fingerprint density at radius 3 is 2.40 bits per heavy atom. The molecule has 0 spiro atoms. The number of aromatic nitrogens is 1. The van der Waals surface area contributed by atoms with Crippen LogP contribution in [0.4, 0.5) is 0 Å². The molecule has 0 bridgehead atoms. The molecule has 0 aliphatic heterocycles. The summed E-state index contributed by atoms with van der Waals surface area (Å²) in [6, 6.07) is 0. The van der Waals surface area contributed by atoms with Gasteiger partial charge in [-0.15, -0.1) is 11.3 Å². The van der Waals surface area contributed by atoms with Crippen molar-refractivity contribution in [2.45, 2.75) is 34.1 Å². The number of hydrogen-bond donors (Lipinski definition) is 1. The van der Waals surface area contributed by atoms with Crippen LogP contribution in [0, 0.1) is 25.7 Å². The molecule has 0 aliphatic rings. The molecule has 1 rings (SSSR count). The number of thiazole rings is 1. The Bertz CT molecular complexity index is 285. The van der Waals surface area contributed by atoms with E-state index in [2.05, 4.69) is 38.0 Å². The second kappa shape index (κ2) is 5.61. The lowest BCUT2D eigenvalue weighted by Crippen LogP contribution is -2.25. The smallest absolute Gasteiger partial charge is 0.0934 e. The van der Waals surface area contributed by atoms with Gasteiger partial charge in [0, 0.05) is 11.3 Å². The van der Waals surface area contributed by atoms with Crippen LogP contribution in [0.2, 0.25) is 0 Å².